The van der Waals surface area contributed by atoms with Crippen molar-refractivity contribution >= 4 is 11.5 Å². The van der Waals surface area contributed by atoms with Crippen LogP contribution in [0, 0.1) is 5.92 Å². The average molecular weight is 361 g/mol. The Morgan fingerprint density at radius 1 is 1.38 bits per heavy atom. The van der Waals surface area contributed by atoms with E-state index in [0.29, 0.717) is 31.9 Å². The summed E-state index contributed by atoms with van der Waals surface area (Å²) in [5.74, 6) is 0.405. The number of hydrogen-bond donors (Lipinski definition) is 2. The molecule has 26 heavy (non-hydrogen) atoms. The van der Waals surface area contributed by atoms with Crippen LogP contribution in [0.1, 0.15) is 25.8 Å². The van der Waals surface area contributed by atoms with Crippen LogP contribution in [0.5, 0.6) is 0 Å². The number of methoxy groups -OCH3 is 1. The number of hydrogen-bond acceptors (Lipinski definition) is 6. The van der Waals surface area contributed by atoms with Crippen LogP contribution in [0.25, 0.3) is 0 Å². The maximum atomic E-state index is 12.5. The van der Waals surface area contributed by atoms with E-state index in [1.807, 2.05) is 30.9 Å². The number of rotatable bonds is 9. The molecule has 0 aliphatic rings. The molecule has 0 atom stereocenters. The molecule has 2 heterocycles. The highest BCUT2D eigenvalue weighted by Crippen LogP contribution is 2.20. The molecular weight excluding hydrogens is 334 g/mol. The van der Waals surface area contributed by atoms with Gasteiger partial charge in [0.25, 0.3) is 5.56 Å². The van der Waals surface area contributed by atoms with Gasteiger partial charge in [-0.25, -0.2) is 4.79 Å². The van der Waals surface area contributed by atoms with Crippen LogP contribution >= 0.6 is 0 Å². The number of H-pyrrole nitrogens is 1. The minimum Gasteiger partial charge on any atom is -0.385 e. The van der Waals surface area contributed by atoms with Crippen LogP contribution in [0.2, 0.25) is 0 Å². The average Bonchev–Trinajstić information content (AvgIpc) is 2.59. The monoisotopic (exact) mass is 361 g/mol. The molecule has 142 valence electrons. The fourth-order valence-electron chi connectivity index (χ4n) is 2.81. The third-order valence-corrected chi connectivity index (χ3v) is 3.95. The standard InChI is InChI=1S/C18H27N5O3/c1-13(2)11-23-16(19)15(17(24)21-18(23)25)22(8-5-9-26-3)12-14-6-4-7-20-10-14/h4,6-7,10,13H,5,8-9,11-12,19H2,1-3H3,(H,21,24,25). The van der Waals surface area contributed by atoms with Crippen molar-refractivity contribution in [2.75, 3.05) is 30.9 Å². The van der Waals surface area contributed by atoms with Gasteiger partial charge in [0, 0.05) is 45.7 Å². The molecule has 0 aromatic carbocycles. The Hall–Kier alpha value is -2.61. The molecule has 0 bridgehead atoms. The second-order valence-corrected chi connectivity index (χ2v) is 6.63. The van der Waals surface area contributed by atoms with E-state index in [0.717, 1.165) is 12.0 Å². The number of ether oxygens (including phenoxy) is 1. The molecule has 3 N–H and O–H groups in total. The number of nitrogens with zero attached hydrogens (tertiary/aromatic N) is 3. The number of anilines is 2. The Bertz CT molecular complexity index is 814. The first-order valence-corrected chi connectivity index (χ1v) is 8.69. The van der Waals surface area contributed by atoms with Gasteiger partial charge in [-0.15, -0.1) is 0 Å². The van der Waals surface area contributed by atoms with Crippen molar-refractivity contribution in [1.82, 2.24) is 14.5 Å². The molecule has 0 radical (unpaired) electrons. The number of pyridine rings is 1. The lowest BCUT2D eigenvalue weighted by molar-refractivity contribution is 0.196. The Morgan fingerprint density at radius 3 is 2.77 bits per heavy atom. The molecule has 0 aliphatic heterocycles. The zero-order valence-electron chi connectivity index (χ0n) is 15.6. The predicted molar refractivity (Wildman–Crippen MR) is 102 cm³/mol. The predicted octanol–water partition coefficient (Wildman–Crippen LogP) is 1.21. The summed E-state index contributed by atoms with van der Waals surface area (Å²) in [5, 5.41) is 0. The van der Waals surface area contributed by atoms with Crippen molar-refractivity contribution in [2.45, 2.75) is 33.4 Å². The molecule has 2 aromatic heterocycles. The van der Waals surface area contributed by atoms with E-state index >= 15 is 0 Å². The van der Waals surface area contributed by atoms with E-state index in [4.69, 9.17) is 10.5 Å². The second kappa shape index (κ2) is 9.19. The summed E-state index contributed by atoms with van der Waals surface area (Å²) in [6.45, 7) is 6.01. The Morgan fingerprint density at radius 2 is 2.15 bits per heavy atom. The molecule has 2 aromatic rings. The maximum absolute atomic E-state index is 12.5. The normalized spacial score (nSPS) is 11.1. The molecule has 2 rings (SSSR count). The largest absolute Gasteiger partial charge is 0.385 e. The number of aromatic nitrogens is 3. The number of nitrogens with one attached hydrogen (secondary N) is 1. The molecule has 0 unspecified atom stereocenters. The fourth-order valence-corrected chi connectivity index (χ4v) is 2.81. The Labute approximate surface area is 152 Å². The van der Waals surface area contributed by atoms with E-state index in [2.05, 4.69) is 9.97 Å². The first kappa shape index (κ1) is 19.7. The third-order valence-electron chi connectivity index (χ3n) is 3.95. The molecule has 0 saturated heterocycles. The first-order valence-electron chi connectivity index (χ1n) is 8.69. The van der Waals surface area contributed by atoms with Crippen LogP contribution < -0.4 is 21.9 Å². The van der Waals surface area contributed by atoms with Crippen LogP contribution in [0.3, 0.4) is 0 Å². The van der Waals surface area contributed by atoms with E-state index in [1.54, 1.807) is 19.5 Å². The van der Waals surface area contributed by atoms with Crippen molar-refractivity contribution in [1.29, 1.82) is 0 Å². The number of nitrogens with two attached hydrogens (primary N) is 1. The summed E-state index contributed by atoms with van der Waals surface area (Å²) in [7, 11) is 1.63. The highest BCUT2D eigenvalue weighted by molar-refractivity contribution is 5.62. The van der Waals surface area contributed by atoms with Gasteiger partial charge in [-0.1, -0.05) is 19.9 Å². The zero-order chi connectivity index (χ0) is 19.1. The molecule has 0 fully saturated rings. The summed E-state index contributed by atoms with van der Waals surface area (Å²) in [5.41, 5.74) is 6.55. The van der Waals surface area contributed by atoms with Gasteiger partial charge in [0.05, 0.1) is 0 Å². The van der Waals surface area contributed by atoms with Gasteiger partial charge in [0.1, 0.15) is 11.5 Å². The number of aromatic amines is 1. The Balaban J connectivity index is 2.45. The summed E-state index contributed by atoms with van der Waals surface area (Å²) in [6.07, 6.45) is 4.17. The SMILES string of the molecule is COCCCN(Cc1cccnc1)c1c(N)n(CC(C)C)c(=O)[nH]c1=O. The van der Waals surface area contributed by atoms with Crippen molar-refractivity contribution in [2.24, 2.45) is 5.92 Å². The summed E-state index contributed by atoms with van der Waals surface area (Å²) >= 11 is 0. The third kappa shape index (κ3) is 4.95. The van der Waals surface area contributed by atoms with E-state index in [9.17, 15) is 9.59 Å². The van der Waals surface area contributed by atoms with Gasteiger partial charge in [-0.05, 0) is 24.0 Å². The van der Waals surface area contributed by atoms with E-state index < -0.39 is 11.2 Å². The van der Waals surface area contributed by atoms with Crippen molar-refractivity contribution in [3.05, 3.63) is 50.9 Å². The highest BCUT2D eigenvalue weighted by Gasteiger charge is 2.19. The molecule has 0 amide bonds. The molecule has 0 spiro atoms. The second-order valence-electron chi connectivity index (χ2n) is 6.63. The van der Waals surface area contributed by atoms with E-state index in [1.165, 1.54) is 4.57 Å². The first-order chi connectivity index (χ1) is 12.4. The van der Waals surface area contributed by atoms with Gasteiger partial charge in [0.2, 0.25) is 0 Å². The molecular formula is C18H27N5O3. The molecule has 0 aliphatic carbocycles. The summed E-state index contributed by atoms with van der Waals surface area (Å²) in [6, 6.07) is 3.78. The lowest BCUT2D eigenvalue weighted by atomic mass is 10.2. The van der Waals surface area contributed by atoms with Crippen molar-refractivity contribution in [3.63, 3.8) is 0 Å². The minimum atomic E-state index is -0.483. The lowest BCUT2D eigenvalue weighted by Crippen LogP contribution is -2.39. The fraction of sp³-hybridized carbons (Fsp3) is 0.500. The Kier molecular flexibility index (Phi) is 6.97. The van der Waals surface area contributed by atoms with Crippen LogP contribution in [-0.4, -0.2) is 34.8 Å². The van der Waals surface area contributed by atoms with Crippen LogP contribution in [0.15, 0.2) is 34.1 Å². The summed E-state index contributed by atoms with van der Waals surface area (Å²) < 4.78 is 6.55. The molecule has 8 nitrogen and oxygen atoms in total. The smallest absolute Gasteiger partial charge is 0.330 e. The summed E-state index contributed by atoms with van der Waals surface area (Å²) in [4.78, 5) is 33.1. The van der Waals surface area contributed by atoms with Crippen molar-refractivity contribution < 1.29 is 4.74 Å². The lowest BCUT2D eigenvalue weighted by Gasteiger charge is -2.26. The van der Waals surface area contributed by atoms with Gasteiger partial charge >= 0.3 is 5.69 Å². The highest BCUT2D eigenvalue weighted by atomic mass is 16.5. The van der Waals surface area contributed by atoms with Crippen molar-refractivity contribution in [3.8, 4) is 0 Å². The topological polar surface area (TPSA) is 106 Å². The van der Waals surface area contributed by atoms with Gasteiger partial charge in [0.15, 0.2) is 0 Å². The van der Waals surface area contributed by atoms with Crippen LogP contribution in [-0.2, 0) is 17.8 Å². The van der Waals surface area contributed by atoms with E-state index in [-0.39, 0.29) is 11.7 Å². The van der Waals surface area contributed by atoms with Gasteiger partial charge in [-0.2, -0.15) is 0 Å². The van der Waals surface area contributed by atoms with Crippen LogP contribution in [0.4, 0.5) is 11.5 Å². The maximum Gasteiger partial charge on any atom is 0.330 e. The van der Waals surface area contributed by atoms with Gasteiger partial charge in [-0.3, -0.25) is 19.3 Å². The molecule has 0 saturated carbocycles. The molecule has 8 heteroatoms. The minimum absolute atomic E-state index is 0.189. The van der Waals surface area contributed by atoms with Gasteiger partial charge < -0.3 is 15.4 Å². The quantitative estimate of drug-likeness (QED) is 0.650. The zero-order valence-corrected chi connectivity index (χ0v) is 15.6. The number of nitrogen functional groups attached to an aromatic ring is 1.